The molecule has 0 bridgehead atoms. The number of hydrogen-bond acceptors (Lipinski definition) is 6. The summed E-state index contributed by atoms with van der Waals surface area (Å²) in [5.41, 5.74) is 8.47. The zero-order valence-electron chi connectivity index (χ0n) is 14.7. The standard InChI is InChI=1S/C18H20F2N6O/c1-11-4-12(13-8-23-26(9-13)10-15(27)7-21)6-14(5-11)24-18-22-3-2-16(25-18)17(19)20/h2-6,8-9,15,17,27H,7,10,21H2,1H3,(H,22,24,25). The highest BCUT2D eigenvalue weighted by atomic mass is 19.3. The van der Waals surface area contributed by atoms with Crippen molar-refractivity contribution < 1.29 is 13.9 Å². The number of benzene rings is 1. The number of nitrogens with one attached hydrogen (secondary N) is 1. The van der Waals surface area contributed by atoms with Gasteiger partial charge in [-0.1, -0.05) is 6.07 Å². The Labute approximate surface area is 154 Å². The first-order valence-corrected chi connectivity index (χ1v) is 8.35. The van der Waals surface area contributed by atoms with E-state index in [4.69, 9.17) is 5.73 Å². The van der Waals surface area contributed by atoms with E-state index in [1.807, 2.05) is 31.3 Å². The van der Waals surface area contributed by atoms with Crippen LogP contribution in [0.4, 0.5) is 20.4 Å². The summed E-state index contributed by atoms with van der Waals surface area (Å²) >= 11 is 0. The van der Waals surface area contributed by atoms with Crippen LogP contribution in [0.3, 0.4) is 0 Å². The molecule has 2 heterocycles. The highest BCUT2D eigenvalue weighted by Gasteiger charge is 2.11. The predicted octanol–water partition coefficient (Wildman–Crippen LogP) is 2.65. The van der Waals surface area contributed by atoms with E-state index in [2.05, 4.69) is 20.4 Å². The Morgan fingerprint density at radius 1 is 1.26 bits per heavy atom. The first-order valence-electron chi connectivity index (χ1n) is 8.35. The normalized spacial score (nSPS) is 12.4. The first-order chi connectivity index (χ1) is 12.9. The van der Waals surface area contributed by atoms with Crippen LogP contribution >= 0.6 is 0 Å². The molecule has 1 unspecified atom stereocenters. The Kier molecular flexibility index (Phi) is 5.72. The SMILES string of the molecule is Cc1cc(Nc2nccc(C(F)F)n2)cc(-c2cnn(CC(O)CN)c2)c1. The van der Waals surface area contributed by atoms with E-state index in [9.17, 15) is 13.9 Å². The topological polar surface area (TPSA) is 102 Å². The van der Waals surface area contributed by atoms with E-state index in [0.717, 1.165) is 16.7 Å². The molecule has 0 spiro atoms. The van der Waals surface area contributed by atoms with Crippen LogP contribution in [-0.2, 0) is 6.54 Å². The van der Waals surface area contributed by atoms with E-state index >= 15 is 0 Å². The van der Waals surface area contributed by atoms with Gasteiger partial charge in [0.05, 0.1) is 18.8 Å². The molecule has 0 aliphatic carbocycles. The van der Waals surface area contributed by atoms with Gasteiger partial charge in [0, 0.05) is 30.2 Å². The van der Waals surface area contributed by atoms with Crippen molar-refractivity contribution in [3.8, 4) is 11.1 Å². The molecule has 0 saturated heterocycles. The fourth-order valence-electron chi connectivity index (χ4n) is 2.61. The van der Waals surface area contributed by atoms with Crippen LogP contribution in [0, 0.1) is 6.92 Å². The van der Waals surface area contributed by atoms with Gasteiger partial charge in [0.1, 0.15) is 5.69 Å². The summed E-state index contributed by atoms with van der Waals surface area (Å²) in [4.78, 5) is 7.80. The summed E-state index contributed by atoms with van der Waals surface area (Å²) in [6.07, 6.45) is 1.48. The average molecular weight is 374 g/mol. The lowest BCUT2D eigenvalue weighted by molar-refractivity contribution is 0.146. The molecule has 0 aliphatic heterocycles. The summed E-state index contributed by atoms with van der Waals surface area (Å²) in [5, 5.41) is 16.8. The molecule has 142 valence electrons. The first kappa shape index (κ1) is 18.9. The van der Waals surface area contributed by atoms with Crippen molar-refractivity contribution >= 4 is 11.6 Å². The van der Waals surface area contributed by atoms with Crippen molar-refractivity contribution in [1.29, 1.82) is 0 Å². The van der Waals surface area contributed by atoms with Crippen LogP contribution in [0.1, 0.15) is 17.7 Å². The maximum absolute atomic E-state index is 12.8. The molecule has 1 aromatic carbocycles. The summed E-state index contributed by atoms with van der Waals surface area (Å²) in [7, 11) is 0. The zero-order chi connectivity index (χ0) is 19.4. The third-order valence-electron chi connectivity index (χ3n) is 3.87. The van der Waals surface area contributed by atoms with Gasteiger partial charge in [0.15, 0.2) is 0 Å². The molecule has 27 heavy (non-hydrogen) atoms. The molecule has 0 amide bonds. The Morgan fingerprint density at radius 3 is 2.81 bits per heavy atom. The van der Waals surface area contributed by atoms with Crippen LogP contribution in [0.25, 0.3) is 11.1 Å². The molecule has 1 atom stereocenters. The van der Waals surface area contributed by atoms with Crippen molar-refractivity contribution in [1.82, 2.24) is 19.7 Å². The molecule has 0 aliphatic rings. The van der Waals surface area contributed by atoms with Crippen molar-refractivity contribution in [2.75, 3.05) is 11.9 Å². The monoisotopic (exact) mass is 374 g/mol. The molecule has 9 heteroatoms. The highest BCUT2D eigenvalue weighted by molar-refractivity contribution is 5.70. The van der Waals surface area contributed by atoms with E-state index in [1.54, 1.807) is 10.9 Å². The number of aliphatic hydroxyl groups is 1. The number of nitrogens with two attached hydrogens (primary N) is 1. The molecule has 4 N–H and O–H groups in total. The lowest BCUT2D eigenvalue weighted by Gasteiger charge is -2.09. The van der Waals surface area contributed by atoms with Crippen LogP contribution in [0.15, 0.2) is 42.9 Å². The van der Waals surface area contributed by atoms with Crippen LogP contribution in [-0.4, -0.2) is 37.5 Å². The molecule has 0 saturated carbocycles. The van der Waals surface area contributed by atoms with Gasteiger partial charge in [-0.15, -0.1) is 0 Å². The van der Waals surface area contributed by atoms with Gasteiger partial charge in [0.25, 0.3) is 6.43 Å². The Balaban J connectivity index is 1.83. The number of alkyl halides is 2. The fraction of sp³-hybridized carbons (Fsp3) is 0.278. The van der Waals surface area contributed by atoms with E-state index < -0.39 is 12.5 Å². The zero-order valence-corrected chi connectivity index (χ0v) is 14.7. The summed E-state index contributed by atoms with van der Waals surface area (Å²) < 4.78 is 27.2. The molecule has 0 radical (unpaired) electrons. The highest BCUT2D eigenvalue weighted by Crippen LogP contribution is 2.26. The van der Waals surface area contributed by atoms with E-state index in [1.165, 1.54) is 12.3 Å². The molecular formula is C18H20F2N6O. The van der Waals surface area contributed by atoms with Gasteiger partial charge in [-0.25, -0.2) is 18.7 Å². The summed E-state index contributed by atoms with van der Waals surface area (Å²) in [5.74, 6) is 0.103. The minimum atomic E-state index is -2.66. The fourth-order valence-corrected chi connectivity index (χ4v) is 2.61. The van der Waals surface area contributed by atoms with Gasteiger partial charge >= 0.3 is 0 Å². The van der Waals surface area contributed by atoms with Gasteiger partial charge in [-0.2, -0.15) is 5.10 Å². The second-order valence-corrected chi connectivity index (χ2v) is 6.16. The maximum Gasteiger partial charge on any atom is 0.280 e. The second-order valence-electron chi connectivity index (χ2n) is 6.16. The minimum absolute atomic E-state index is 0.103. The number of aromatic nitrogens is 4. The third-order valence-corrected chi connectivity index (χ3v) is 3.87. The summed E-state index contributed by atoms with van der Waals surface area (Å²) in [6.45, 7) is 2.39. The minimum Gasteiger partial charge on any atom is -0.390 e. The van der Waals surface area contributed by atoms with Crippen molar-refractivity contribution in [2.24, 2.45) is 5.73 Å². The average Bonchev–Trinajstić information content (AvgIpc) is 3.10. The Bertz CT molecular complexity index is 914. The smallest absolute Gasteiger partial charge is 0.280 e. The number of anilines is 2. The van der Waals surface area contributed by atoms with Crippen molar-refractivity contribution in [3.05, 3.63) is 54.1 Å². The van der Waals surface area contributed by atoms with Crippen LogP contribution in [0.5, 0.6) is 0 Å². The number of rotatable bonds is 7. The number of halogens is 2. The number of hydrogen-bond donors (Lipinski definition) is 3. The lowest BCUT2D eigenvalue weighted by atomic mass is 10.1. The predicted molar refractivity (Wildman–Crippen MR) is 97.7 cm³/mol. The molecule has 7 nitrogen and oxygen atoms in total. The van der Waals surface area contributed by atoms with Crippen LogP contribution < -0.4 is 11.1 Å². The van der Waals surface area contributed by atoms with Gasteiger partial charge < -0.3 is 16.2 Å². The lowest BCUT2D eigenvalue weighted by Crippen LogP contribution is -2.25. The van der Waals surface area contributed by atoms with Gasteiger partial charge in [-0.05, 0) is 36.2 Å². The van der Waals surface area contributed by atoms with Crippen molar-refractivity contribution in [3.63, 3.8) is 0 Å². The molecule has 3 aromatic rings. The molecule has 0 fully saturated rings. The quantitative estimate of drug-likeness (QED) is 0.588. The Hall–Kier alpha value is -2.91. The number of aryl methyl sites for hydroxylation is 1. The molecule has 3 rings (SSSR count). The Morgan fingerprint density at radius 2 is 2.07 bits per heavy atom. The number of nitrogens with zero attached hydrogens (tertiary/aromatic N) is 4. The van der Waals surface area contributed by atoms with Gasteiger partial charge in [0.2, 0.25) is 5.95 Å². The maximum atomic E-state index is 12.8. The van der Waals surface area contributed by atoms with Gasteiger partial charge in [-0.3, -0.25) is 4.68 Å². The summed E-state index contributed by atoms with van der Waals surface area (Å²) in [6, 6.07) is 6.88. The van der Waals surface area contributed by atoms with Crippen LogP contribution in [0.2, 0.25) is 0 Å². The molecule has 2 aromatic heterocycles. The molecular weight excluding hydrogens is 354 g/mol. The largest absolute Gasteiger partial charge is 0.390 e. The number of aliphatic hydroxyl groups excluding tert-OH is 1. The van der Waals surface area contributed by atoms with E-state index in [0.29, 0.717) is 12.2 Å². The van der Waals surface area contributed by atoms with E-state index in [-0.39, 0.29) is 18.2 Å². The second kappa shape index (κ2) is 8.19. The van der Waals surface area contributed by atoms with Crippen molar-refractivity contribution in [2.45, 2.75) is 26.0 Å². The third kappa shape index (κ3) is 4.83.